The molecule has 0 atom stereocenters. The molecule has 0 spiro atoms. The van der Waals surface area contributed by atoms with Crippen LogP contribution in [0.2, 0.25) is 0 Å². The second-order valence-electron chi connectivity index (χ2n) is 5.10. The molecule has 0 aliphatic carbocycles. The molecule has 0 aliphatic rings. The topological polar surface area (TPSA) is 71.1 Å². The summed E-state index contributed by atoms with van der Waals surface area (Å²) in [4.78, 5) is 1.05. The fraction of sp³-hybridized carbons (Fsp3) is 0.222. The number of halogens is 1. The zero-order valence-corrected chi connectivity index (χ0v) is 16.5. The average molecular weight is 429 g/mol. The van der Waals surface area contributed by atoms with E-state index >= 15 is 0 Å². The number of ether oxygens (including phenoxy) is 4. The maximum atomic E-state index is 13.7. The molecule has 0 aliphatic heterocycles. The van der Waals surface area contributed by atoms with Gasteiger partial charge in [0, 0.05) is 0 Å². The summed E-state index contributed by atoms with van der Waals surface area (Å²) >= 11 is -4.69. The Labute approximate surface area is 152 Å². The van der Waals surface area contributed by atoms with Gasteiger partial charge in [-0.1, -0.05) is 0 Å². The molecular formula is C18H19FO6Se. The summed E-state index contributed by atoms with van der Waals surface area (Å²) in [6.07, 6.45) is 1.33. The van der Waals surface area contributed by atoms with Gasteiger partial charge in [-0.05, 0) is 0 Å². The first-order valence-corrected chi connectivity index (χ1v) is 10.7. The summed E-state index contributed by atoms with van der Waals surface area (Å²) in [5, 5.41) is 0. The second-order valence-corrected chi connectivity index (χ2v) is 8.95. The minimum atomic E-state index is -4.69. The molecule has 0 saturated heterocycles. The van der Waals surface area contributed by atoms with Crippen molar-refractivity contribution in [1.29, 1.82) is 0 Å². The van der Waals surface area contributed by atoms with Gasteiger partial charge in [-0.3, -0.25) is 0 Å². The van der Waals surface area contributed by atoms with E-state index in [0.717, 1.165) is 4.97 Å². The SMILES string of the molecule is COc1ccc(/C=C/[Se](=O)(=O)c2cc(OC)c(OC)c(OC)c2)cc1F. The molecule has 6 nitrogen and oxygen atoms in total. The first-order valence-electron chi connectivity index (χ1n) is 7.43. The fourth-order valence-corrected chi connectivity index (χ4v) is 4.43. The molecular weight excluding hydrogens is 410 g/mol. The molecule has 2 aromatic carbocycles. The third-order valence-corrected chi connectivity index (χ3v) is 6.49. The molecule has 0 fully saturated rings. The first kappa shape index (κ1) is 19.8. The van der Waals surface area contributed by atoms with E-state index in [4.69, 9.17) is 18.9 Å². The summed E-state index contributed by atoms with van der Waals surface area (Å²) in [6.45, 7) is 0. The monoisotopic (exact) mass is 430 g/mol. The zero-order chi connectivity index (χ0) is 19.3. The van der Waals surface area contributed by atoms with E-state index in [2.05, 4.69) is 0 Å². The van der Waals surface area contributed by atoms with Crippen LogP contribution in [0, 0.1) is 5.82 Å². The van der Waals surface area contributed by atoms with Crippen molar-refractivity contribution in [2.45, 2.75) is 0 Å². The molecule has 140 valence electrons. The first-order chi connectivity index (χ1) is 12.4. The molecule has 0 aromatic heterocycles. The van der Waals surface area contributed by atoms with Crippen molar-refractivity contribution in [1.82, 2.24) is 0 Å². The van der Waals surface area contributed by atoms with Crippen LogP contribution in [0.4, 0.5) is 4.39 Å². The molecule has 26 heavy (non-hydrogen) atoms. The van der Waals surface area contributed by atoms with E-state index in [1.807, 2.05) is 0 Å². The summed E-state index contributed by atoms with van der Waals surface area (Å²) in [6, 6.07) is 6.90. The number of methoxy groups -OCH3 is 4. The van der Waals surface area contributed by atoms with Gasteiger partial charge >= 0.3 is 152 Å². The summed E-state index contributed by atoms with van der Waals surface area (Å²) < 4.78 is 59.4. The Balaban J connectivity index is 2.42. The Morgan fingerprint density at radius 2 is 1.42 bits per heavy atom. The van der Waals surface area contributed by atoms with Gasteiger partial charge in [-0.25, -0.2) is 0 Å². The van der Waals surface area contributed by atoms with Gasteiger partial charge in [0.05, 0.1) is 0 Å². The van der Waals surface area contributed by atoms with Crippen LogP contribution in [0.15, 0.2) is 35.3 Å². The van der Waals surface area contributed by atoms with Gasteiger partial charge in [0.2, 0.25) is 0 Å². The second kappa shape index (κ2) is 8.21. The van der Waals surface area contributed by atoms with E-state index in [1.165, 1.54) is 58.8 Å². The van der Waals surface area contributed by atoms with Gasteiger partial charge in [-0.15, -0.1) is 0 Å². The normalized spacial score (nSPS) is 11.4. The average Bonchev–Trinajstić information content (AvgIpc) is 2.65. The molecule has 0 heterocycles. The molecule has 0 radical (unpaired) electrons. The van der Waals surface area contributed by atoms with Crippen LogP contribution in [-0.4, -0.2) is 41.1 Å². The molecule has 0 amide bonds. The van der Waals surface area contributed by atoms with Crippen molar-refractivity contribution in [3.8, 4) is 23.0 Å². The standard InChI is InChI=1S/C18H19FO6Se/c1-22-15-6-5-12(9-14(15)19)7-8-26(20,21)13-10-16(23-2)18(25-4)17(11-13)24-3/h5-11H,1-4H3/b8-7+. The van der Waals surface area contributed by atoms with Crippen LogP contribution in [0.1, 0.15) is 5.56 Å². The van der Waals surface area contributed by atoms with Crippen LogP contribution in [0.25, 0.3) is 6.08 Å². The Morgan fingerprint density at radius 3 is 1.88 bits per heavy atom. The molecule has 0 saturated carbocycles. The minimum absolute atomic E-state index is 0.0287. The maximum absolute atomic E-state index is 13.7. The Kier molecular flexibility index (Phi) is 6.23. The van der Waals surface area contributed by atoms with Crippen LogP contribution >= 0.6 is 0 Å². The van der Waals surface area contributed by atoms with Gasteiger partial charge in [0.1, 0.15) is 0 Å². The number of hydrogen-bond acceptors (Lipinski definition) is 6. The molecule has 2 rings (SSSR count). The summed E-state index contributed by atoms with van der Waals surface area (Å²) in [7, 11) is 5.58. The number of rotatable bonds is 7. The Bertz CT molecular complexity index is 896. The van der Waals surface area contributed by atoms with Crippen LogP contribution in [-0.2, 0) is 7.67 Å². The van der Waals surface area contributed by atoms with E-state index < -0.39 is 18.5 Å². The van der Waals surface area contributed by atoms with Crippen LogP contribution < -0.4 is 23.4 Å². The predicted octanol–water partition coefficient (Wildman–Crippen LogP) is 2.62. The number of benzene rings is 2. The molecule has 0 N–H and O–H groups in total. The van der Waals surface area contributed by atoms with E-state index in [9.17, 15) is 12.1 Å². The van der Waals surface area contributed by atoms with Gasteiger partial charge in [0.15, 0.2) is 0 Å². The third-order valence-electron chi connectivity index (χ3n) is 3.58. The molecule has 0 unspecified atom stereocenters. The van der Waals surface area contributed by atoms with Crippen LogP contribution in [0.5, 0.6) is 23.0 Å². The summed E-state index contributed by atoms with van der Waals surface area (Å²) in [5.41, 5.74) is 0.393. The quantitative estimate of drug-likeness (QED) is 0.631. The third kappa shape index (κ3) is 4.15. The zero-order valence-electron chi connectivity index (χ0n) is 14.8. The van der Waals surface area contributed by atoms with E-state index in [-0.39, 0.29) is 21.7 Å². The van der Waals surface area contributed by atoms with Crippen molar-refractivity contribution < 1.29 is 31.0 Å². The van der Waals surface area contributed by atoms with Crippen molar-refractivity contribution in [3.05, 3.63) is 46.7 Å². The van der Waals surface area contributed by atoms with E-state index in [1.54, 1.807) is 6.07 Å². The molecule has 0 bridgehead atoms. The van der Waals surface area contributed by atoms with Crippen LogP contribution in [0.3, 0.4) is 0 Å². The van der Waals surface area contributed by atoms with E-state index in [0.29, 0.717) is 11.3 Å². The van der Waals surface area contributed by atoms with Crippen molar-refractivity contribution in [2.24, 2.45) is 0 Å². The predicted molar refractivity (Wildman–Crippen MR) is 94.8 cm³/mol. The molecule has 8 heteroatoms. The Hall–Kier alpha value is -2.57. The summed E-state index contributed by atoms with van der Waals surface area (Å²) in [5.74, 6) is 0.278. The van der Waals surface area contributed by atoms with Crippen molar-refractivity contribution in [2.75, 3.05) is 28.4 Å². The fourth-order valence-electron chi connectivity index (χ4n) is 2.25. The molecule has 2 aromatic rings. The van der Waals surface area contributed by atoms with Gasteiger partial charge < -0.3 is 0 Å². The van der Waals surface area contributed by atoms with Crippen molar-refractivity contribution >= 4 is 23.2 Å². The van der Waals surface area contributed by atoms with Crippen molar-refractivity contribution in [3.63, 3.8) is 0 Å². The van der Waals surface area contributed by atoms with Gasteiger partial charge in [-0.2, -0.15) is 0 Å². The number of hydrogen-bond donors (Lipinski definition) is 0. The Morgan fingerprint density at radius 1 is 0.846 bits per heavy atom. The van der Waals surface area contributed by atoms with Gasteiger partial charge in [0.25, 0.3) is 0 Å².